The van der Waals surface area contributed by atoms with Crippen LogP contribution >= 0.6 is 11.6 Å². The SMILES string of the molecule is COC(=O)c1cnc(C)n1CC(=O)Nc1cccc(Cl)c1. The van der Waals surface area contributed by atoms with E-state index in [0.717, 1.165) is 0 Å². The maximum atomic E-state index is 12.1. The van der Waals surface area contributed by atoms with Crippen LogP contribution in [0, 0.1) is 6.92 Å². The van der Waals surface area contributed by atoms with Crippen LogP contribution in [0.2, 0.25) is 5.02 Å². The number of ether oxygens (including phenoxy) is 1. The van der Waals surface area contributed by atoms with E-state index in [4.69, 9.17) is 11.6 Å². The predicted octanol–water partition coefficient (Wildman–Crippen LogP) is 2.27. The molecule has 6 nitrogen and oxygen atoms in total. The quantitative estimate of drug-likeness (QED) is 0.879. The van der Waals surface area contributed by atoms with Crippen molar-refractivity contribution in [3.63, 3.8) is 0 Å². The summed E-state index contributed by atoms with van der Waals surface area (Å²) in [5, 5.41) is 3.24. The molecule has 21 heavy (non-hydrogen) atoms. The summed E-state index contributed by atoms with van der Waals surface area (Å²) in [7, 11) is 1.28. The number of esters is 1. The topological polar surface area (TPSA) is 73.2 Å². The molecule has 1 aromatic heterocycles. The average Bonchev–Trinajstić information content (AvgIpc) is 2.79. The van der Waals surface area contributed by atoms with Gasteiger partial charge in [-0.2, -0.15) is 0 Å². The zero-order valence-corrected chi connectivity index (χ0v) is 12.3. The Kier molecular flexibility index (Phi) is 4.59. The van der Waals surface area contributed by atoms with E-state index in [1.54, 1.807) is 31.2 Å². The number of hydrogen-bond acceptors (Lipinski definition) is 4. The molecule has 0 fully saturated rings. The Hall–Kier alpha value is -2.34. The first-order valence-corrected chi connectivity index (χ1v) is 6.55. The molecule has 0 radical (unpaired) electrons. The minimum atomic E-state index is -0.536. The van der Waals surface area contributed by atoms with Gasteiger partial charge in [0.2, 0.25) is 5.91 Å². The van der Waals surface area contributed by atoms with Crippen LogP contribution in [0.3, 0.4) is 0 Å². The van der Waals surface area contributed by atoms with E-state index in [2.05, 4.69) is 15.0 Å². The van der Waals surface area contributed by atoms with Gasteiger partial charge < -0.3 is 14.6 Å². The fraction of sp³-hybridized carbons (Fsp3) is 0.214. The van der Waals surface area contributed by atoms with Crippen molar-refractivity contribution in [1.29, 1.82) is 0 Å². The summed E-state index contributed by atoms with van der Waals surface area (Å²) in [5.74, 6) is -0.272. The largest absolute Gasteiger partial charge is 0.464 e. The van der Waals surface area contributed by atoms with Gasteiger partial charge in [-0.3, -0.25) is 4.79 Å². The van der Waals surface area contributed by atoms with Crippen molar-refractivity contribution >= 4 is 29.2 Å². The molecule has 0 saturated carbocycles. The summed E-state index contributed by atoms with van der Waals surface area (Å²) in [6, 6.07) is 6.82. The van der Waals surface area contributed by atoms with Crippen molar-refractivity contribution in [1.82, 2.24) is 9.55 Å². The van der Waals surface area contributed by atoms with Gasteiger partial charge in [0.1, 0.15) is 18.1 Å². The lowest BCUT2D eigenvalue weighted by molar-refractivity contribution is -0.116. The summed E-state index contributed by atoms with van der Waals surface area (Å²) in [6.07, 6.45) is 1.38. The van der Waals surface area contributed by atoms with Crippen molar-refractivity contribution < 1.29 is 14.3 Å². The lowest BCUT2D eigenvalue weighted by Crippen LogP contribution is -2.22. The van der Waals surface area contributed by atoms with Gasteiger partial charge in [-0.25, -0.2) is 9.78 Å². The third-order valence-corrected chi connectivity index (χ3v) is 3.09. The Morgan fingerprint density at radius 3 is 2.86 bits per heavy atom. The predicted molar refractivity (Wildman–Crippen MR) is 78.4 cm³/mol. The zero-order chi connectivity index (χ0) is 15.4. The van der Waals surface area contributed by atoms with Crippen molar-refractivity contribution in [3.8, 4) is 0 Å². The Balaban J connectivity index is 2.13. The number of aromatic nitrogens is 2. The molecule has 1 N–H and O–H groups in total. The lowest BCUT2D eigenvalue weighted by atomic mass is 10.3. The Morgan fingerprint density at radius 1 is 1.43 bits per heavy atom. The van der Waals surface area contributed by atoms with Crippen LogP contribution < -0.4 is 5.32 Å². The molecule has 0 aliphatic rings. The fourth-order valence-electron chi connectivity index (χ4n) is 1.85. The van der Waals surface area contributed by atoms with E-state index in [0.29, 0.717) is 16.5 Å². The monoisotopic (exact) mass is 307 g/mol. The van der Waals surface area contributed by atoms with Crippen LogP contribution in [0.25, 0.3) is 0 Å². The number of halogens is 1. The number of aryl methyl sites for hydroxylation is 1. The first-order chi connectivity index (χ1) is 10.0. The molecule has 1 heterocycles. The molecule has 110 valence electrons. The summed E-state index contributed by atoms with van der Waals surface area (Å²) in [4.78, 5) is 27.7. The maximum absolute atomic E-state index is 12.1. The van der Waals surface area contributed by atoms with Gasteiger partial charge in [-0.15, -0.1) is 0 Å². The van der Waals surface area contributed by atoms with Crippen molar-refractivity contribution in [2.45, 2.75) is 13.5 Å². The zero-order valence-electron chi connectivity index (χ0n) is 11.6. The number of anilines is 1. The van der Waals surface area contributed by atoms with Crippen LogP contribution in [0.4, 0.5) is 5.69 Å². The standard InChI is InChI=1S/C14H14ClN3O3/c1-9-16-7-12(14(20)21-2)18(9)8-13(19)17-11-5-3-4-10(15)6-11/h3-7H,8H2,1-2H3,(H,17,19). The molecule has 1 aromatic carbocycles. The minimum Gasteiger partial charge on any atom is -0.464 e. The number of imidazole rings is 1. The highest BCUT2D eigenvalue weighted by Crippen LogP contribution is 2.15. The number of rotatable bonds is 4. The van der Waals surface area contributed by atoms with Gasteiger partial charge in [0, 0.05) is 10.7 Å². The lowest BCUT2D eigenvalue weighted by Gasteiger charge is -2.10. The molecule has 0 spiro atoms. The molecule has 1 amide bonds. The molecule has 2 aromatic rings. The number of benzene rings is 1. The number of nitrogens with one attached hydrogen (secondary N) is 1. The Morgan fingerprint density at radius 2 is 2.19 bits per heavy atom. The van der Waals surface area contributed by atoms with Gasteiger partial charge in [0.05, 0.1) is 13.3 Å². The number of carbonyl (C=O) groups is 2. The first kappa shape index (κ1) is 15.1. The van der Waals surface area contributed by atoms with Gasteiger partial charge >= 0.3 is 5.97 Å². The average molecular weight is 308 g/mol. The molecular weight excluding hydrogens is 294 g/mol. The number of amides is 1. The van der Waals surface area contributed by atoms with E-state index in [-0.39, 0.29) is 18.1 Å². The number of methoxy groups -OCH3 is 1. The molecule has 0 atom stereocenters. The van der Waals surface area contributed by atoms with E-state index in [9.17, 15) is 9.59 Å². The molecule has 0 aliphatic carbocycles. The van der Waals surface area contributed by atoms with E-state index in [1.807, 2.05) is 0 Å². The van der Waals surface area contributed by atoms with Gasteiger partial charge in [-0.1, -0.05) is 17.7 Å². The van der Waals surface area contributed by atoms with Gasteiger partial charge in [0.15, 0.2) is 0 Å². The van der Waals surface area contributed by atoms with Crippen LogP contribution in [-0.4, -0.2) is 28.5 Å². The summed E-state index contributed by atoms with van der Waals surface area (Å²) >= 11 is 5.85. The van der Waals surface area contributed by atoms with Crippen LogP contribution in [-0.2, 0) is 16.1 Å². The Labute approximate surface area is 126 Å². The fourth-order valence-corrected chi connectivity index (χ4v) is 2.04. The second-order valence-corrected chi connectivity index (χ2v) is 4.76. The third kappa shape index (κ3) is 3.61. The molecule has 0 aliphatic heterocycles. The third-order valence-electron chi connectivity index (χ3n) is 2.86. The maximum Gasteiger partial charge on any atom is 0.356 e. The molecule has 0 bridgehead atoms. The second-order valence-electron chi connectivity index (χ2n) is 4.33. The van der Waals surface area contributed by atoms with Crippen molar-refractivity contribution in [2.75, 3.05) is 12.4 Å². The van der Waals surface area contributed by atoms with Crippen LogP contribution in [0.15, 0.2) is 30.5 Å². The molecule has 0 unspecified atom stereocenters. The van der Waals surface area contributed by atoms with E-state index < -0.39 is 5.97 Å². The van der Waals surface area contributed by atoms with E-state index >= 15 is 0 Å². The van der Waals surface area contributed by atoms with E-state index in [1.165, 1.54) is 17.9 Å². The van der Waals surface area contributed by atoms with Crippen molar-refractivity contribution in [3.05, 3.63) is 47.0 Å². The van der Waals surface area contributed by atoms with Gasteiger partial charge in [0.25, 0.3) is 0 Å². The summed E-state index contributed by atoms with van der Waals surface area (Å²) in [6.45, 7) is 1.67. The molecule has 0 saturated heterocycles. The number of carbonyl (C=O) groups excluding carboxylic acids is 2. The summed E-state index contributed by atoms with van der Waals surface area (Å²) < 4.78 is 6.15. The number of hydrogen-bond donors (Lipinski definition) is 1. The normalized spacial score (nSPS) is 10.2. The minimum absolute atomic E-state index is 0.0389. The molecule has 7 heteroatoms. The first-order valence-electron chi connectivity index (χ1n) is 6.17. The van der Waals surface area contributed by atoms with Crippen LogP contribution in [0.1, 0.15) is 16.3 Å². The second kappa shape index (κ2) is 6.41. The Bertz CT molecular complexity index is 682. The van der Waals surface area contributed by atoms with Crippen molar-refractivity contribution in [2.24, 2.45) is 0 Å². The molecule has 2 rings (SSSR count). The molecular formula is C14H14ClN3O3. The highest BCUT2D eigenvalue weighted by molar-refractivity contribution is 6.30. The number of nitrogens with zero attached hydrogens (tertiary/aromatic N) is 2. The highest BCUT2D eigenvalue weighted by atomic mass is 35.5. The smallest absolute Gasteiger partial charge is 0.356 e. The van der Waals surface area contributed by atoms with Gasteiger partial charge in [-0.05, 0) is 25.1 Å². The summed E-state index contributed by atoms with van der Waals surface area (Å²) in [5.41, 5.74) is 0.820. The van der Waals surface area contributed by atoms with Crippen LogP contribution in [0.5, 0.6) is 0 Å². The highest BCUT2D eigenvalue weighted by Gasteiger charge is 2.17.